The SMILES string of the molecule is O=C(N[C@H]1C[C@H](CNCCC2CCCC2)C1)c1cc(F)cc(Cl)c1. The first-order valence-electron chi connectivity index (χ1n) is 9.08. The summed E-state index contributed by atoms with van der Waals surface area (Å²) >= 11 is 5.79. The van der Waals surface area contributed by atoms with E-state index in [9.17, 15) is 9.18 Å². The average molecular weight is 353 g/mol. The summed E-state index contributed by atoms with van der Waals surface area (Å²) in [4.78, 5) is 12.1. The van der Waals surface area contributed by atoms with E-state index in [1.54, 1.807) is 0 Å². The number of hydrogen-bond donors (Lipinski definition) is 2. The maximum Gasteiger partial charge on any atom is 0.251 e. The highest BCUT2D eigenvalue weighted by atomic mass is 35.5. The summed E-state index contributed by atoms with van der Waals surface area (Å²) in [5, 5.41) is 6.76. The Labute approximate surface area is 148 Å². The van der Waals surface area contributed by atoms with Crippen LogP contribution in [0, 0.1) is 17.7 Å². The molecule has 3 rings (SSSR count). The first-order valence-corrected chi connectivity index (χ1v) is 9.45. The maximum atomic E-state index is 13.3. The van der Waals surface area contributed by atoms with E-state index in [0.717, 1.165) is 31.8 Å². The highest BCUT2D eigenvalue weighted by Gasteiger charge is 2.30. The summed E-state index contributed by atoms with van der Waals surface area (Å²) in [6.07, 6.45) is 8.91. The van der Waals surface area contributed by atoms with E-state index in [1.165, 1.54) is 50.3 Å². The minimum Gasteiger partial charge on any atom is -0.349 e. The molecule has 2 N–H and O–H groups in total. The fourth-order valence-electron chi connectivity index (χ4n) is 3.89. The molecule has 24 heavy (non-hydrogen) atoms. The lowest BCUT2D eigenvalue weighted by molar-refractivity contribution is 0.0888. The standard InChI is InChI=1S/C19H26ClFN2O/c20-16-9-15(10-17(21)11-16)19(24)23-18-7-14(8-18)12-22-6-5-13-3-1-2-4-13/h9-11,13-14,18,22H,1-8,12H2,(H,23,24)/t14-,18-. The van der Waals surface area contributed by atoms with Gasteiger partial charge in [-0.15, -0.1) is 0 Å². The van der Waals surface area contributed by atoms with Crippen molar-refractivity contribution in [2.45, 2.75) is 51.0 Å². The van der Waals surface area contributed by atoms with Gasteiger partial charge in [0.05, 0.1) is 0 Å². The van der Waals surface area contributed by atoms with E-state index < -0.39 is 5.82 Å². The molecule has 1 amide bonds. The molecule has 0 aliphatic heterocycles. The van der Waals surface area contributed by atoms with Gasteiger partial charge in [-0.25, -0.2) is 4.39 Å². The van der Waals surface area contributed by atoms with Crippen molar-refractivity contribution in [3.63, 3.8) is 0 Å². The molecule has 0 spiro atoms. The Morgan fingerprint density at radius 1 is 1.17 bits per heavy atom. The monoisotopic (exact) mass is 352 g/mol. The molecule has 0 radical (unpaired) electrons. The number of amides is 1. The molecule has 3 nitrogen and oxygen atoms in total. The van der Waals surface area contributed by atoms with Crippen LogP contribution in [0.1, 0.15) is 55.3 Å². The van der Waals surface area contributed by atoms with Crippen molar-refractivity contribution in [1.82, 2.24) is 10.6 Å². The molecule has 0 unspecified atom stereocenters. The second-order valence-electron chi connectivity index (χ2n) is 7.31. The second-order valence-corrected chi connectivity index (χ2v) is 7.75. The van der Waals surface area contributed by atoms with Crippen molar-refractivity contribution in [3.05, 3.63) is 34.6 Å². The van der Waals surface area contributed by atoms with Crippen LogP contribution in [0.15, 0.2) is 18.2 Å². The van der Waals surface area contributed by atoms with Crippen molar-refractivity contribution in [2.75, 3.05) is 13.1 Å². The van der Waals surface area contributed by atoms with Crippen molar-refractivity contribution >= 4 is 17.5 Å². The van der Waals surface area contributed by atoms with Crippen LogP contribution in [0.2, 0.25) is 5.02 Å². The zero-order valence-corrected chi connectivity index (χ0v) is 14.7. The Balaban J connectivity index is 1.31. The van der Waals surface area contributed by atoms with Gasteiger partial charge in [0.25, 0.3) is 5.91 Å². The molecule has 5 heteroatoms. The zero-order valence-electron chi connectivity index (χ0n) is 14.0. The van der Waals surface area contributed by atoms with Gasteiger partial charge in [0.1, 0.15) is 5.82 Å². The topological polar surface area (TPSA) is 41.1 Å². The molecule has 2 saturated carbocycles. The molecule has 132 valence electrons. The molecule has 1 aromatic carbocycles. The molecule has 1 aromatic rings. The van der Waals surface area contributed by atoms with Crippen molar-refractivity contribution in [3.8, 4) is 0 Å². The predicted molar refractivity (Wildman–Crippen MR) is 94.8 cm³/mol. The van der Waals surface area contributed by atoms with E-state index in [2.05, 4.69) is 10.6 Å². The van der Waals surface area contributed by atoms with Crippen LogP contribution in [0.4, 0.5) is 4.39 Å². The van der Waals surface area contributed by atoms with Crippen LogP contribution in [0.25, 0.3) is 0 Å². The minimum absolute atomic E-state index is 0.196. The summed E-state index contributed by atoms with van der Waals surface area (Å²) in [6, 6.07) is 4.12. The third kappa shape index (κ3) is 4.93. The van der Waals surface area contributed by atoms with Crippen LogP contribution < -0.4 is 10.6 Å². The van der Waals surface area contributed by atoms with Gasteiger partial charge in [-0.1, -0.05) is 37.3 Å². The van der Waals surface area contributed by atoms with E-state index in [4.69, 9.17) is 11.6 Å². The normalized spacial score (nSPS) is 23.9. The molecular weight excluding hydrogens is 327 g/mol. The van der Waals surface area contributed by atoms with Crippen molar-refractivity contribution in [2.24, 2.45) is 11.8 Å². The minimum atomic E-state index is -0.481. The molecule has 2 fully saturated rings. The molecule has 0 saturated heterocycles. The fraction of sp³-hybridized carbons (Fsp3) is 0.632. The summed E-state index contributed by atoms with van der Waals surface area (Å²) < 4.78 is 13.3. The lowest BCUT2D eigenvalue weighted by Gasteiger charge is -2.36. The maximum absolute atomic E-state index is 13.3. The molecule has 0 atom stereocenters. The highest BCUT2D eigenvalue weighted by Crippen LogP contribution is 2.28. The lowest BCUT2D eigenvalue weighted by Crippen LogP contribution is -2.47. The second kappa shape index (κ2) is 8.30. The van der Waals surface area contributed by atoms with E-state index in [1.807, 2.05) is 0 Å². The summed E-state index contributed by atoms with van der Waals surface area (Å²) in [6.45, 7) is 2.14. The number of benzene rings is 1. The van der Waals surface area contributed by atoms with Crippen LogP contribution in [0.3, 0.4) is 0 Å². The number of carbonyl (C=O) groups is 1. The molecule has 0 bridgehead atoms. The highest BCUT2D eigenvalue weighted by molar-refractivity contribution is 6.31. The summed E-state index contributed by atoms with van der Waals surface area (Å²) in [5.41, 5.74) is 0.290. The largest absolute Gasteiger partial charge is 0.349 e. The van der Waals surface area contributed by atoms with Crippen LogP contribution in [0.5, 0.6) is 0 Å². The third-order valence-electron chi connectivity index (χ3n) is 5.33. The summed E-state index contributed by atoms with van der Waals surface area (Å²) in [7, 11) is 0. The van der Waals surface area contributed by atoms with Gasteiger partial charge in [0.15, 0.2) is 0 Å². The quantitative estimate of drug-likeness (QED) is 0.723. The molecule has 0 heterocycles. The van der Waals surface area contributed by atoms with Gasteiger partial charge in [-0.2, -0.15) is 0 Å². The molecular formula is C19H26ClFN2O. The number of hydrogen-bond acceptors (Lipinski definition) is 2. The van der Waals surface area contributed by atoms with Crippen LogP contribution in [-0.2, 0) is 0 Å². The Bertz CT molecular complexity index is 548. The molecule has 0 aromatic heterocycles. The zero-order chi connectivity index (χ0) is 16.9. The van der Waals surface area contributed by atoms with Gasteiger partial charge >= 0.3 is 0 Å². The first-order chi connectivity index (χ1) is 11.6. The van der Waals surface area contributed by atoms with Crippen LogP contribution in [-0.4, -0.2) is 25.0 Å². The third-order valence-corrected chi connectivity index (χ3v) is 5.55. The average Bonchev–Trinajstić information content (AvgIpc) is 3.00. The van der Waals surface area contributed by atoms with Crippen LogP contribution >= 0.6 is 11.6 Å². The summed E-state index contributed by atoms with van der Waals surface area (Å²) in [5.74, 6) is 0.846. The number of halogens is 2. The van der Waals surface area contributed by atoms with E-state index >= 15 is 0 Å². The Morgan fingerprint density at radius 2 is 1.92 bits per heavy atom. The number of rotatable bonds is 7. The fourth-order valence-corrected chi connectivity index (χ4v) is 4.11. The first kappa shape index (κ1) is 17.7. The van der Waals surface area contributed by atoms with Gasteiger partial charge < -0.3 is 10.6 Å². The van der Waals surface area contributed by atoms with E-state index in [0.29, 0.717) is 5.92 Å². The van der Waals surface area contributed by atoms with Gasteiger partial charge in [0.2, 0.25) is 0 Å². The number of nitrogens with one attached hydrogen (secondary N) is 2. The van der Waals surface area contributed by atoms with Gasteiger partial charge in [-0.05, 0) is 62.4 Å². The Kier molecular flexibility index (Phi) is 6.12. The van der Waals surface area contributed by atoms with Crippen molar-refractivity contribution in [1.29, 1.82) is 0 Å². The molecule has 2 aliphatic rings. The Morgan fingerprint density at radius 3 is 2.62 bits per heavy atom. The Hall–Kier alpha value is -1.13. The molecule has 2 aliphatic carbocycles. The van der Waals surface area contributed by atoms with E-state index in [-0.39, 0.29) is 22.5 Å². The van der Waals surface area contributed by atoms with Crippen molar-refractivity contribution < 1.29 is 9.18 Å². The lowest BCUT2D eigenvalue weighted by atomic mass is 9.80. The predicted octanol–water partition coefficient (Wildman–Crippen LogP) is 4.16. The van der Waals surface area contributed by atoms with Gasteiger partial charge in [0, 0.05) is 16.6 Å². The van der Waals surface area contributed by atoms with Gasteiger partial charge in [-0.3, -0.25) is 4.79 Å². The smallest absolute Gasteiger partial charge is 0.251 e. The number of carbonyl (C=O) groups excluding carboxylic acids is 1.